The van der Waals surface area contributed by atoms with Crippen LogP contribution in [0, 0.1) is 0 Å². The number of carboxylic acid groups (broad SMARTS) is 1. The average molecular weight is 306 g/mol. The summed E-state index contributed by atoms with van der Waals surface area (Å²) in [6.07, 6.45) is 0. The lowest BCUT2D eigenvalue weighted by Crippen LogP contribution is -2.13. The monoisotopic (exact) mass is 306 g/mol. The first-order valence-electron chi connectivity index (χ1n) is 6.90. The summed E-state index contributed by atoms with van der Waals surface area (Å²) in [6, 6.07) is 16.5. The van der Waals surface area contributed by atoms with Crippen LogP contribution >= 0.6 is 0 Å². The van der Waals surface area contributed by atoms with Crippen LogP contribution in [0.5, 0.6) is 5.75 Å². The van der Waals surface area contributed by atoms with E-state index in [0.29, 0.717) is 5.56 Å². The molecule has 0 aliphatic heterocycles. The second-order valence-electron chi connectivity index (χ2n) is 5.00. The van der Waals surface area contributed by atoms with E-state index in [1.54, 1.807) is 12.1 Å². The molecule has 5 nitrogen and oxygen atoms in total. The van der Waals surface area contributed by atoms with Crippen molar-refractivity contribution in [2.24, 2.45) is 0 Å². The highest BCUT2D eigenvalue weighted by atomic mass is 16.4. The molecule has 0 fully saturated rings. The number of carbonyl (C=O) groups is 2. The van der Waals surface area contributed by atoms with Crippen LogP contribution in [0.1, 0.15) is 20.7 Å². The van der Waals surface area contributed by atoms with Crippen molar-refractivity contribution in [3.8, 4) is 5.75 Å². The summed E-state index contributed by atoms with van der Waals surface area (Å²) in [6.45, 7) is 0. The van der Waals surface area contributed by atoms with Gasteiger partial charge in [-0.1, -0.05) is 48.2 Å². The lowest BCUT2D eigenvalue weighted by Gasteiger charge is -2.13. The molecule has 0 saturated carbocycles. The van der Waals surface area contributed by atoms with Crippen molar-refractivity contribution >= 4 is 28.3 Å². The van der Waals surface area contributed by atoms with Crippen molar-refractivity contribution in [1.82, 2.24) is 0 Å². The summed E-state index contributed by atoms with van der Waals surface area (Å²) < 4.78 is 0. The topological polar surface area (TPSA) is 89.5 Å². The maximum atomic E-state index is 12.5. The molecule has 5 heteroatoms. The van der Waals surface area contributed by atoms with E-state index in [-0.39, 0.29) is 17.2 Å². The molecule has 2 N–H and O–H groups in total. The molecule has 0 atom stereocenters. The van der Waals surface area contributed by atoms with Gasteiger partial charge in [-0.15, -0.1) is 0 Å². The minimum Gasteiger partial charge on any atom is -0.872 e. The van der Waals surface area contributed by atoms with Crippen molar-refractivity contribution in [2.45, 2.75) is 0 Å². The SMILES string of the molecule is O=C(O)c1cc(NC(=O)c2cccc3ccccc23)ccc1[O-]. The maximum absolute atomic E-state index is 12.5. The van der Waals surface area contributed by atoms with Gasteiger partial charge in [-0.25, -0.2) is 4.79 Å². The molecule has 3 rings (SSSR count). The van der Waals surface area contributed by atoms with Crippen molar-refractivity contribution in [3.05, 3.63) is 71.8 Å². The summed E-state index contributed by atoms with van der Waals surface area (Å²) in [5.41, 5.74) is 0.367. The largest absolute Gasteiger partial charge is 0.872 e. The van der Waals surface area contributed by atoms with Gasteiger partial charge < -0.3 is 15.5 Å². The first-order chi connectivity index (χ1) is 11.1. The van der Waals surface area contributed by atoms with E-state index < -0.39 is 11.7 Å². The highest BCUT2D eigenvalue weighted by Gasteiger charge is 2.11. The fraction of sp³-hybridized carbons (Fsp3) is 0. The van der Waals surface area contributed by atoms with E-state index in [4.69, 9.17) is 5.11 Å². The van der Waals surface area contributed by atoms with E-state index in [1.807, 2.05) is 30.3 Å². The zero-order valence-electron chi connectivity index (χ0n) is 11.9. The number of hydrogen-bond donors (Lipinski definition) is 2. The number of benzene rings is 3. The predicted octanol–water partition coefficient (Wildman–Crippen LogP) is 2.86. The Morgan fingerprint density at radius 1 is 0.913 bits per heavy atom. The van der Waals surface area contributed by atoms with Crippen molar-refractivity contribution in [3.63, 3.8) is 0 Å². The van der Waals surface area contributed by atoms with E-state index in [0.717, 1.165) is 22.9 Å². The molecule has 0 spiro atoms. The Labute approximate surface area is 131 Å². The maximum Gasteiger partial charge on any atom is 0.335 e. The van der Waals surface area contributed by atoms with E-state index in [2.05, 4.69) is 5.32 Å². The Kier molecular flexibility index (Phi) is 3.68. The number of hydrogen-bond acceptors (Lipinski definition) is 3. The van der Waals surface area contributed by atoms with Gasteiger partial charge in [0.1, 0.15) is 0 Å². The average Bonchev–Trinajstić information content (AvgIpc) is 2.55. The second kappa shape index (κ2) is 5.81. The quantitative estimate of drug-likeness (QED) is 0.778. The number of fused-ring (bicyclic) bond motifs is 1. The van der Waals surface area contributed by atoms with Gasteiger partial charge in [0.2, 0.25) is 0 Å². The Balaban J connectivity index is 1.95. The minimum absolute atomic E-state index is 0.264. The number of carbonyl (C=O) groups excluding carboxylic acids is 1. The molecule has 3 aromatic rings. The smallest absolute Gasteiger partial charge is 0.335 e. The summed E-state index contributed by atoms with van der Waals surface area (Å²) in [5.74, 6) is -2.28. The molecule has 0 heterocycles. The lowest BCUT2D eigenvalue weighted by molar-refractivity contribution is -0.268. The van der Waals surface area contributed by atoms with Crippen LogP contribution < -0.4 is 10.4 Å². The number of rotatable bonds is 3. The Morgan fingerprint density at radius 3 is 2.43 bits per heavy atom. The van der Waals surface area contributed by atoms with E-state index in [1.165, 1.54) is 6.07 Å². The summed E-state index contributed by atoms with van der Waals surface area (Å²) in [4.78, 5) is 23.4. The Bertz CT molecular complexity index is 913. The molecule has 23 heavy (non-hydrogen) atoms. The molecule has 0 aromatic heterocycles. The van der Waals surface area contributed by atoms with Gasteiger partial charge in [0.15, 0.2) is 0 Å². The normalized spacial score (nSPS) is 10.4. The van der Waals surface area contributed by atoms with Crippen LogP contribution in [0.2, 0.25) is 0 Å². The Hall–Kier alpha value is -3.34. The minimum atomic E-state index is -1.32. The first-order valence-corrected chi connectivity index (χ1v) is 6.90. The number of anilines is 1. The van der Waals surface area contributed by atoms with Gasteiger partial charge in [-0.3, -0.25) is 4.79 Å². The van der Waals surface area contributed by atoms with Gasteiger partial charge in [-0.05, 0) is 29.0 Å². The number of nitrogens with one attached hydrogen (secondary N) is 1. The lowest BCUT2D eigenvalue weighted by atomic mass is 10.0. The fourth-order valence-corrected chi connectivity index (χ4v) is 2.40. The predicted molar refractivity (Wildman–Crippen MR) is 84.7 cm³/mol. The van der Waals surface area contributed by atoms with Crippen LogP contribution in [0.3, 0.4) is 0 Å². The highest BCUT2D eigenvalue weighted by Crippen LogP contribution is 2.22. The van der Waals surface area contributed by atoms with Crippen molar-refractivity contribution in [1.29, 1.82) is 0 Å². The van der Waals surface area contributed by atoms with Crippen LogP contribution in [0.15, 0.2) is 60.7 Å². The van der Waals surface area contributed by atoms with Crippen LogP contribution in [-0.2, 0) is 0 Å². The molecular formula is C18H12NO4-. The molecular weight excluding hydrogens is 294 g/mol. The number of aromatic carboxylic acids is 1. The summed E-state index contributed by atoms with van der Waals surface area (Å²) in [7, 11) is 0. The third kappa shape index (κ3) is 2.85. The molecule has 0 aliphatic carbocycles. The van der Waals surface area contributed by atoms with Gasteiger partial charge >= 0.3 is 5.97 Å². The van der Waals surface area contributed by atoms with Gasteiger partial charge in [0.25, 0.3) is 5.91 Å². The molecule has 114 valence electrons. The van der Waals surface area contributed by atoms with Crippen molar-refractivity contribution in [2.75, 3.05) is 5.32 Å². The molecule has 0 saturated heterocycles. The molecule has 0 radical (unpaired) electrons. The molecule has 0 bridgehead atoms. The van der Waals surface area contributed by atoms with Gasteiger partial charge in [0, 0.05) is 11.3 Å². The summed E-state index contributed by atoms with van der Waals surface area (Å²) >= 11 is 0. The van der Waals surface area contributed by atoms with Gasteiger partial charge in [0.05, 0.1) is 5.56 Å². The zero-order valence-corrected chi connectivity index (χ0v) is 11.9. The number of amides is 1. The van der Waals surface area contributed by atoms with E-state index in [9.17, 15) is 14.7 Å². The molecule has 3 aromatic carbocycles. The number of carboxylic acids is 1. The first kappa shape index (κ1) is 14.6. The molecule has 0 aliphatic rings. The van der Waals surface area contributed by atoms with Crippen LogP contribution in [-0.4, -0.2) is 17.0 Å². The standard InChI is InChI=1S/C18H13NO4/c20-16-9-8-12(10-15(16)18(22)23)19-17(21)14-7-3-5-11-4-1-2-6-13(11)14/h1-10,20H,(H,19,21)(H,22,23)/p-1. The third-order valence-corrected chi connectivity index (χ3v) is 3.50. The van der Waals surface area contributed by atoms with Gasteiger partial charge in [-0.2, -0.15) is 0 Å². The molecule has 1 amide bonds. The summed E-state index contributed by atoms with van der Waals surface area (Å²) in [5, 5.41) is 24.8. The third-order valence-electron chi connectivity index (χ3n) is 3.50. The zero-order chi connectivity index (χ0) is 16.4. The molecule has 0 unspecified atom stereocenters. The fourth-order valence-electron chi connectivity index (χ4n) is 2.40. The van der Waals surface area contributed by atoms with Crippen LogP contribution in [0.25, 0.3) is 10.8 Å². The van der Waals surface area contributed by atoms with E-state index >= 15 is 0 Å². The van der Waals surface area contributed by atoms with Crippen LogP contribution in [0.4, 0.5) is 5.69 Å². The second-order valence-corrected chi connectivity index (χ2v) is 5.00. The van der Waals surface area contributed by atoms with Crippen molar-refractivity contribution < 1.29 is 19.8 Å². The highest BCUT2D eigenvalue weighted by molar-refractivity contribution is 6.13. The Morgan fingerprint density at radius 2 is 1.65 bits per heavy atom.